The van der Waals surface area contributed by atoms with E-state index in [2.05, 4.69) is 24.1 Å². The number of carbonyl (C=O) groups excluding carboxylic acids is 1. The van der Waals surface area contributed by atoms with Crippen molar-refractivity contribution in [3.8, 4) is 0 Å². The largest absolute Gasteiger partial charge is 0.354 e. The topological polar surface area (TPSA) is 32.3 Å². The zero-order valence-electron chi connectivity index (χ0n) is 15.1. The summed E-state index contributed by atoms with van der Waals surface area (Å²) in [7, 11) is 0. The van der Waals surface area contributed by atoms with Crippen LogP contribution in [0.4, 0.5) is 0 Å². The molecule has 5 aliphatic rings. The lowest BCUT2D eigenvalue weighted by Gasteiger charge is -2.64. The first-order chi connectivity index (χ1) is 10.9. The molecule has 4 saturated carbocycles. The molecule has 2 atom stereocenters. The third-order valence-electron chi connectivity index (χ3n) is 7.27. The second kappa shape index (κ2) is 5.47. The van der Waals surface area contributed by atoms with Crippen LogP contribution in [-0.2, 0) is 4.79 Å². The summed E-state index contributed by atoms with van der Waals surface area (Å²) < 4.78 is 0. The molecule has 0 aromatic carbocycles. The van der Waals surface area contributed by atoms with Gasteiger partial charge in [0.1, 0.15) is 0 Å². The maximum Gasteiger partial charge on any atom is 0.226 e. The number of piperidine rings is 1. The minimum Gasteiger partial charge on any atom is -0.354 e. The first-order valence-corrected chi connectivity index (χ1v) is 9.91. The van der Waals surface area contributed by atoms with Crippen LogP contribution in [0.1, 0.15) is 71.6 Å². The van der Waals surface area contributed by atoms with Gasteiger partial charge in [-0.25, -0.2) is 0 Å². The van der Waals surface area contributed by atoms with Gasteiger partial charge < -0.3 is 10.2 Å². The predicted molar refractivity (Wildman–Crippen MR) is 93.1 cm³/mol. The molecule has 3 heteroatoms. The number of carbonyl (C=O) groups is 1. The quantitative estimate of drug-likeness (QED) is 0.859. The van der Waals surface area contributed by atoms with Gasteiger partial charge in [0.25, 0.3) is 0 Å². The molecule has 1 saturated heterocycles. The highest BCUT2D eigenvalue weighted by Crippen LogP contribution is 2.69. The minimum absolute atomic E-state index is 0.0369. The van der Waals surface area contributed by atoms with Crippen LogP contribution in [0.25, 0.3) is 0 Å². The molecule has 5 rings (SSSR count). The Bertz CT molecular complexity index is 464. The van der Waals surface area contributed by atoms with E-state index in [9.17, 15) is 4.79 Å². The van der Waals surface area contributed by atoms with Crippen molar-refractivity contribution >= 4 is 5.91 Å². The number of nitrogens with zero attached hydrogens (tertiary/aromatic N) is 1. The molecule has 2 unspecified atom stereocenters. The van der Waals surface area contributed by atoms with Crippen molar-refractivity contribution in [3.63, 3.8) is 0 Å². The molecule has 1 heterocycles. The van der Waals surface area contributed by atoms with Crippen molar-refractivity contribution in [2.45, 2.75) is 71.6 Å². The van der Waals surface area contributed by atoms with Crippen LogP contribution in [-0.4, -0.2) is 37.0 Å². The van der Waals surface area contributed by atoms with E-state index < -0.39 is 0 Å². The molecule has 0 spiro atoms. The second-order valence-electron chi connectivity index (χ2n) is 10.1. The van der Waals surface area contributed by atoms with Crippen molar-refractivity contribution in [1.82, 2.24) is 10.2 Å². The maximum absolute atomic E-state index is 13.1. The number of hydrogen-bond acceptors (Lipinski definition) is 2. The van der Waals surface area contributed by atoms with E-state index >= 15 is 0 Å². The molecule has 4 bridgehead atoms. The molecule has 0 aromatic rings. The summed E-state index contributed by atoms with van der Waals surface area (Å²) in [5, 5.41) is 3.34. The molecule has 1 amide bonds. The van der Waals surface area contributed by atoms with Crippen LogP contribution in [0.5, 0.6) is 0 Å². The Morgan fingerprint density at radius 2 is 1.65 bits per heavy atom. The molecule has 1 N–H and O–H groups in total. The molecule has 0 aromatic heterocycles. The first kappa shape index (κ1) is 15.9. The molecule has 4 aliphatic carbocycles. The zero-order chi connectivity index (χ0) is 16.1. The van der Waals surface area contributed by atoms with E-state index in [0.717, 1.165) is 38.3 Å². The standard InChI is InChI=1S/C20H34N2O/c1-18-10-16-11-19(2,13-18)15-20(12-16,14-18)17(23)21-6-9-22-7-4-3-5-8-22/h16H,3-15H2,1-2H3,(H,21,23). The first-order valence-electron chi connectivity index (χ1n) is 9.91. The summed E-state index contributed by atoms with van der Waals surface area (Å²) in [4.78, 5) is 15.6. The van der Waals surface area contributed by atoms with Crippen LogP contribution < -0.4 is 5.32 Å². The smallest absolute Gasteiger partial charge is 0.226 e. The van der Waals surface area contributed by atoms with Gasteiger partial charge in [0.2, 0.25) is 5.91 Å². The second-order valence-corrected chi connectivity index (χ2v) is 10.1. The molecule has 130 valence electrons. The Morgan fingerprint density at radius 3 is 2.26 bits per heavy atom. The van der Waals surface area contributed by atoms with E-state index in [4.69, 9.17) is 0 Å². The Balaban J connectivity index is 1.38. The molecule has 1 aliphatic heterocycles. The number of nitrogens with one attached hydrogen (secondary N) is 1. The van der Waals surface area contributed by atoms with Gasteiger partial charge in [-0.15, -0.1) is 0 Å². The van der Waals surface area contributed by atoms with Gasteiger partial charge in [-0.2, -0.15) is 0 Å². The highest BCUT2D eigenvalue weighted by molar-refractivity contribution is 5.83. The van der Waals surface area contributed by atoms with Crippen molar-refractivity contribution in [2.75, 3.05) is 26.2 Å². The average molecular weight is 319 g/mol. The summed E-state index contributed by atoms with van der Waals surface area (Å²) in [6.45, 7) is 9.23. The third-order valence-corrected chi connectivity index (χ3v) is 7.27. The van der Waals surface area contributed by atoms with E-state index in [-0.39, 0.29) is 5.41 Å². The fourth-order valence-corrected chi connectivity index (χ4v) is 7.40. The summed E-state index contributed by atoms with van der Waals surface area (Å²) >= 11 is 0. The summed E-state index contributed by atoms with van der Waals surface area (Å²) in [5.41, 5.74) is 0.821. The zero-order valence-corrected chi connectivity index (χ0v) is 15.1. The normalized spacial score (nSPS) is 46.1. The van der Waals surface area contributed by atoms with E-state index in [1.165, 1.54) is 51.6 Å². The summed E-state index contributed by atoms with van der Waals surface area (Å²) in [6.07, 6.45) is 11.6. The molecular formula is C20H34N2O. The van der Waals surface area contributed by atoms with Crippen LogP contribution in [0.2, 0.25) is 0 Å². The van der Waals surface area contributed by atoms with Gasteiger partial charge in [0.15, 0.2) is 0 Å². The van der Waals surface area contributed by atoms with E-state index in [0.29, 0.717) is 16.7 Å². The number of hydrogen-bond donors (Lipinski definition) is 1. The van der Waals surface area contributed by atoms with Crippen molar-refractivity contribution in [1.29, 1.82) is 0 Å². The van der Waals surface area contributed by atoms with Crippen LogP contribution in [0.15, 0.2) is 0 Å². The van der Waals surface area contributed by atoms with E-state index in [1.807, 2.05) is 0 Å². The SMILES string of the molecule is CC12CC3CC(C)(C1)CC(C(=O)NCCN1CCCCC1)(C3)C2. The average Bonchev–Trinajstić information content (AvgIpc) is 2.44. The Hall–Kier alpha value is -0.570. The molecular weight excluding hydrogens is 284 g/mol. The van der Waals surface area contributed by atoms with Crippen molar-refractivity contribution < 1.29 is 4.79 Å². The maximum atomic E-state index is 13.1. The lowest BCUT2D eigenvalue weighted by atomic mass is 9.40. The third kappa shape index (κ3) is 2.94. The van der Waals surface area contributed by atoms with Gasteiger partial charge in [-0.05, 0) is 81.2 Å². The van der Waals surface area contributed by atoms with Gasteiger partial charge >= 0.3 is 0 Å². The van der Waals surface area contributed by atoms with Crippen molar-refractivity contribution in [3.05, 3.63) is 0 Å². The van der Waals surface area contributed by atoms with Gasteiger partial charge in [0, 0.05) is 13.1 Å². The predicted octanol–water partition coefficient (Wildman–Crippen LogP) is 3.59. The van der Waals surface area contributed by atoms with Crippen LogP contribution in [0, 0.1) is 22.2 Å². The van der Waals surface area contributed by atoms with Gasteiger partial charge in [-0.1, -0.05) is 20.3 Å². The molecule has 5 fully saturated rings. The highest BCUT2D eigenvalue weighted by Gasteiger charge is 2.62. The van der Waals surface area contributed by atoms with Gasteiger partial charge in [-0.3, -0.25) is 4.79 Å². The minimum atomic E-state index is -0.0369. The molecule has 23 heavy (non-hydrogen) atoms. The Kier molecular flexibility index (Phi) is 3.79. The number of rotatable bonds is 4. The van der Waals surface area contributed by atoms with Crippen LogP contribution in [0.3, 0.4) is 0 Å². The lowest BCUT2D eigenvalue weighted by molar-refractivity contribution is -0.170. The summed E-state index contributed by atoms with van der Waals surface area (Å²) in [6, 6.07) is 0. The van der Waals surface area contributed by atoms with Gasteiger partial charge in [0.05, 0.1) is 5.41 Å². The van der Waals surface area contributed by atoms with Crippen LogP contribution >= 0.6 is 0 Å². The molecule has 0 radical (unpaired) electrons. The van der Waals surface area contributed by atoms with Crippen molar-refractivity contribution in [2.24, 2.45) is 22.2 Å². The fraction of sp³-hybridized carbons (Fsp3) is 0.950. The number of likely N-dealkylation sites (tertiary alicyclic amines) is 1. The Labute approximate surface area is 141 Å². The lowest BCUT2D eigenvalue weighted by Crippen LogP contribution is -2.60. The highest BCUT2D eigenvalue weighted by atomic mass is 16.2. The Morgan fingerprint density at radius 1 is 1.00 bits per heavy atom. The fourth-order valence-electron chi connectivity index (χ4n) is 7.40. The summed E-state index contributed by atoms with van der Waals surface area (Å²) in [5.74, 6) is 1.19. The monoisotopic (exact) mass is 318 g/mol. The van der Waals surface area contributed by atoms with E-state index in [1.54, 1.807) is 0 Å². The molecule has 3 nitrogen and oxygen atoms in total. The number of amides is 1.